The van der Waals surface area contributed by atoms with Crippen LogP contribution in [0.15, 0.2) is 24.3 Å². The van der Waals surface area contributed by atoms with Crippen LogP contribution in [0.4, 0.5) is 0 Å². The van der Waals surface area contributed by atoms with Crippen LogP contribution in [0.3, 0.4) is 0 Å². The molecule has 0 saturated carbocycles. The average molecular weight is 304 g/mol. The highest BCUT2D eigenvalue weighted by Gasteiger charge is 2.27. The van der Waals surface area contributed by atoms with E-state index in [1.807, 2.05) is 0 Å². The Morgan fingerprint density at radius 2 is 1.64 bits per heavy atom. The molecule has 0 radical (unpaired) electrons. The Kier molecular flexibility index (Phi) is 5.59. The van der Waals surface area contributed by atoms with Crippen LogP contribution in [0, 0.1) is 5.41 Å². The van der Waals surface area contributed by atoms with E-state index in [0.29, 0.717) is 6.42 Å². The van der Waals surface area contributed by atoms with Gasteiger partial charge in [-0.1, -0.05) is 24.3 Å². The van der Waals surface area contributed by atoms with Gasteiger partial charge in [0.25, 0.3) is 0 Å². The predicted octanol–water partition coefficient (Wildman–Crippen LogP) is 2.13. The molecule has 2 rings (SSSR count). The van der Waals surface area contributed by atoms with Gasteiger partial charge in [0.05, 0.1) is 5.41 Å². The fraction of sp³-hybridized carbons (Fsp3) is 0.611. The van der Waals surface area contributed by atoms with Gasteiger partial charge in [-0.15, -0.1) is 0 Å². The molecule has 1 N–H and O–H groups in total. The number of hydrogen-bond donors (Lipinski definition) is 1. The van der Waals surface area contributed by atoms with Gasteiger partial charge in [-0.05, 0) is 44.9 Å². The lowest BCUT2D eigenvalue weighted by Gasteiger charge is -2.32. The fourth-order valence-electron chi connectivity index (χ4n) is 2.77. The lowest BCUT2D eigenvalue weighted by Crippen LogP contribution is -2.45. The number of carboxylic acid groups (broad SMARTS) is 1. The van der Waals surface area contributed by atoms with Crippen molar-refractivity contribution in [2.75, 3.05) is 39.8 Å². The summed E-state index contributed by atoms with van der Waals surface area (Å²) < 4.78 is 0. The Morgan fingerprint density at radius 3 is 2.18 bits per heavy atom. The van der Waals surface area contributed by atoms with Crippen LogP contribution in [-0.4, -0.2) is 60.6 Å². The highest BCUT2D eigenvalue weighted by atomic mass is 16.4. The molecule has 1 heterocycles. The quantitative estimate of drug-likeness (QED) is 0.874. The van der Waals surface area contributed by atoms with Crippen molar-refractivity contribution in [3.8, 4) is 0 Å². The molecule has 1 aliphatic rings. The second-order valence-corrected chi connectivity index (χ2v) is 7.08. The molecule has 4 heteroatoms. The Morgan fingerprint density at radius 1 is 1.09 bits per heavy atom. The van der Waals surface area contributed by atoms with Gasteiger partial charge in [-0.25, -0.2) is 0 Å². The fourth-order valence-corrected chi connectivity index (χ4v) is 2.77. The number of carboxylic acids is 1. The molecule has 1 aromatic carbocycles. The summed E-state index contributed by atoms with van der Waals surface area (Å²) in [6, 6.07) is 8.43. The molecule has 0 amide bonds. The number of carbonyl (C=O) groups is 1. The molecule has 1 aromatic rings. The summed E-state index contributed by atoms with van der Waals surface area (Å²) >= 11 is 0. The molecule has 1 saturated heterocycles. The molecule has 0 spiro atoms. The van der Waals surface area contributed by atoms with Crippen molar-refractivity contribution in [2.24, 2.45) is 5.41 Å². The maximum absolute atomic E-state index is 11.2. The average Bonchev–Trinajstić information content (AvgIpc) is 2.48. The maximum atomic E-state index is 11.2. The first-order chi connectivity index (χ1) is 10.4. The van der Waals surface area contributed by atoms with Crippen LogP contribution < -0.4 is 0 Å². The third-order valence-electron chi connectivity index (χ3n) is 4.56. The molecule has 0 atom stereocenters. The van der Waals surface area contributed by atoms with Crippen molar-refractivity contribution in [3.05, 3.63) is 35.4 Å². The van der Waals surface area contributed by atoms with Crippen LogP contribution in [-0.2, 0) is 17.6 Å². The van der Waals surface area contributed by atoms with Crippen molar-refractivity contribution in [2.45, 2.75) is 26.7 Å². The van der Waals surface area contributed by atoms with Crippen LogP contribution in [0.5, 0.6) is 0 Å². The van der Waals surface area contributed by atoms with Gasteiger partial charge >= 0.3 is 5.97 Å². The van der Waals surface area contributed by atoms with Gasteiger partial charge in [0, 0.05) is 32.7 Å². The molecular weight excluding hydrogens is 276 g/mol. The Balaban J connectivity index is 1.83. The summed E-state index contributed by atoms with van der Waals surface area (Å²) in [7, 11) is 2.18. The molecule has 1 fully saturated rings. The lowest BCUT2D eigenvalue weighted by atomic mass is 9.86. The van der Waals surface area contributed by atoms with Gasteiger partial charge in [0.2, 0.25) is 0 Å². The largest absolute Gasteiger partial charge is 0.481 e. The van der Waals surface area contributed by atoms with E-state index in [4.69, 9.17) is 0 Å². The number of rotatable bonds is 6. The van der Waals surface area contributed by atoms with E-state index in [0.717, 1.165) is 44.7 Å². The maximum Gasteiger partial charge on any atom is 0.309 e. The second kappa shape index (κ2) is 7.25. The number of aliphatic carboxylic acids is 1. The van der Waals surface area contributed by atoms with E-state index < -0.39 is 11.4 Å². The molecule has 22 heavy (non-hydrogen) atoms. The molecule has 1 aliphatic heterocycles. The van der Waals surface area contributed by atoms with Crippen LogP contribution in [0.25, 0.3) is 0 Å². The van der Waals surface area contributed by atoms with E-state index in [1.54, 1.807) is 13.8 Å². The Labute approximate surface area is 133 Å². The smallest absolute Gasteiger partial charge is 0.309 e. The van der Waals surface area contributed by atoms with Crippen LogP contribution in [0.1, 0.15) is 25.0 Å². The highest BCUT2D eigenvalue weighted by molar-refractivity contribution is 5.74. The predicted molar refractivity (Wildman–Crippen MR) is 89.2 cm³/mol. The van der Waals surface area contributed by atoms with E-state index >= 15 is 0 Å². The van der Waals surface area contributed by atoms with Crippen molar-refractivity contribution >= 4 is 5.97 Å². The van der Waals surface area contributed by atoms with Crippen molar-refractivity contribution in [1.29, 1.82) is 0 Å². The molecule has 4 nitrogen and oxygen atoms in total. The number of benzene rings is 1. The third kappa shape index (κ3) is 4.82. The lowest BCUT2D eigenvalue weighted by molar-refractivity contribution is -0.146. The zero-order chi connectivity index (χ0) is 16.2. The van der Waals surface area contributed by atoms with Gasteiger partial charge < -0.3 is 14.9 Å². The van der Waals surface area contributed by atoms with E-state index in [2.05, 4.69) is 41.1 Å². The molecule has 122 valence electrons. The zero-order valence-electron chi connectivity index (χ0n) is 14.0. The molecule has 0 aliphatic carbocycles. The van der Waals surface area contributed by atoms with Gasteiger partial charge in [-0.2, -0.15) is 0 Å². The standard InChI is InChI=1S/C18H28N2O2/c1-18(2,17(21)22)14-16-6-4-15(5-7-16)8-9-20-12-10-19(3)11-13-20/h4-7H,8-14H2,1-3H3,(H,21,22). The van der Waals surface area contributed by atoms with Crippen LogP contribution >= 0.6 is 0 Å². The van der Waals surface area contributed by atoms with Crippen molar-refractivity contribution in [3.63, 3.8) is 0 Å². The normalized spacial score (nSPS) is 17.6. The number of hydrogen-bond acceptors (Lipinski definition) is 3. The van der Waals surface area contributed by atoms with Crippen molar-refractivity contribution in [1.82, 2.24) is 9.80 Å². The van der Waals surface area contributed by atoms with Gasteiger partial charge in [0.1, 0.15) is 0 Å². The summed E-state index contributed by atoms with van der Waals surface area (Å²) in [5.74, 6) is -0.744. The van der Waals surface area contributed by atoms with Gasteiger partial charge in [0.15, 0.2) is 0 Å². The summed E-state index contributed by atoms with van der Waals surface area (Å²) in [5, 5.41) is 9.20. The topological polar surface area (TPSA) is 43.8 Å². The highest BCUT2D eigenvalue weighted by Crippen LogP contribution is 2.22. The SMILES string of the molecule is CN1CCN(CCc2ccc(CC(C)(C)C(=O)O)cc2)CC1. The minimum atomic E-state index is -0.744. The van der Waals surface area contributed by atoms with E-state index in [-0.39, 0.29) is 0 Å². The summed E-state index contributed by atoms with van der Waals surface area (Å²) in [6.07, 6.45) is 1.63. The molecule has 0 aromatic heterocycles. The van der Waals surface area contributed by atoms with Crippen LogP contribution in [0.2, 0.25) is 0 Å². The minimum Gasteiger partial charge on any atom is -0.481 e. The van der Waals surface area contributed by atoms with Gasteiger partial charge in [-0.3, -0.25) is 4.79 Å². The number of likely N-dealkylation sites (N-methyl/N-ethyl adjacent to an activating group) is 1. The summed E-state index contributed by atoms with van der Waals surface area (Å²) in [6.45, 7) is 9.27. The summed E-state index contributed by atoms with van der Waals surface area (Å²) in [4.78, 5) is 16.1. The molecular formula is C18H28N2O2. The molecule has 0 unspecified atom stereocenters. The molecule has 0 bridgehead atoms. The first-order valence-electron chi connectivity index (χ1n) is 8.09. The summed E-state index contributed by atoms with van der Waals surface area (Å²) in [5.41, 5.74) is 1.72. The number of piperazine rings is 1. The Hall–Kier alpha value is -1.39. The zero-order valence-corrected chi connectivity index (χ0v) is 14.0. The first-order valence-corrected chi connectivity index (χ1v) is 8.09. The van der Waals surface area contributed by atoms with Crippen molar-refractivity contribution < 1.29 is 9.90 Å². The van der Waals surface area contributed by atoms with E-state index in [1.165, 1.54) is 5.56 Å². The first kappa shape index (κ1) is 17.0. The monoisotopic (exact) mass is 304 g/mol. The third-order valence-corrected chi connectivity index (χ3v) is 4.56. The van der Waals surface area contributed by atoms with E-state index in [9.17, 15) is 9.90 Å². The number of nitrogens with zero attached hydrogens (tertiary/aromatic N) is 2. The second-order valence-electron chi connectivity index (χ2n) is 7.08. The minimum absolute atomic E-state index is 0.571. The Bertz CT molecular complexity index is 488.